The number of piperidine rings is 1. The van der Waals surface area contributed by atoms with Gasteiger partial charge in [-0.1, -0.05) is 17.7 Å². The van der Waals surface area contributed by atoms with Crippen LogP contribution in [0.15, 0.2) is 18.2 Å². The van der Waals surface area contributed by atoms with Gasteiger partial charge in [0, 0.05) is 17.5 Å². The Bertz CT molecular complexity index is 442. The molecule has 1 fully saturated rings. The maximum Gasteiger partial charge on any atom is 0.124 e. The molecule has 1 aromatic rings. The van der Waals surface area contributed by atoms with Crippen LogP contribution in [0.4, 0.5) is 4.39 Å². The van der Waals surface area contributed by atoms with Crippen molar-refractivity contribution in [2.24, 2.45) is 11.7 Å². The minimum atomic E-state index is -0.306. The van der Waals surface area contributed by atoms with Gasteiger partial charge in [0.1, 0.15) is 5.82 Å². The number of amidine groups is 1. The first-order valence-corrected chi connectivity index (χ1v) is 6.44. The number of hydrogen-bond donors (Lipinski definition) is 2. The number of rotatable bonds is 3. The van der Waals surface area contributed by atoms with Crippen LogP contribution in [0.3, 0.4) is 0 Å². The molecule has 0 atom stereocenters. The summed E-state index contributed by atoms with van der Waals surface area (Å²) < 4.78 is 12.9. The molecule has 0 aromatic heterocycles. The Hall–Kier alpha value is -1.13. The van der Waals surface area contributed by atoms with E-state index in [9.17, 15) is 4.39 Å². The van der Waals surface area contributed by atoms with Crippen molar-refractivity contribution in [1.82, 2.24) is 4.90 Å². The average Bonchev–Trinajstić information content (AvgIpc) is 2.33. The second kappa shape index (κ2) is 5.67. The van der Waals surface area contributed by atoms with Gasteiger partial charge in [0.15, 0.2) is 0 Å². The highest BCUT2D eigenvalue weighted by Crippen LogP contribution is 2.22. The summed E-state index contributed by atoms with van der Waals surface area (Å²) in [5.41, 5.74) is 6.45. The molecule has 1 aromatic carbocycles. The topological polar surface area (TPSA) is 53.1 Å². The molecule has 2 rings (SSSR count). The molecule has 3 N–H and O–H groups in total. The minimum Gasteiger partial charge on any atom is -0.387 e. The highest BCUT2D eigenvalue weighted by Gasteiger charge is 2.21. The van der Waals surface area contributed by atoms with Gasteiger partial charge in [-0.15, -0.1) is 0 Å². The number of hydrogen-bond acceptors (Lipinski definition) is 2. The lowest BCUT2D eigenvalue weighted by molar-refractivity contribution is 0.201. The highest BCUT2D eigenvalue weighted by molar-refractivity contribution is 6.31. The van der Waals surface area contributed by atoms with E-state index in [1.54, 1.807) is 6.07 Å². The molecule has 0 bridgehead atoms. The van der Waals surface area contributed by atoms with Crippen LogP contribution in [0.2, 0.25) is 5.02 Å². The Labute approximate surface area is 111 Å². The number of nitrogens with two attached hydrogens (primary N) is 1. The highest BCUT2D eigenvalue weighted by atomic mass is 35.5. The van der Waals surface area contributed by atoms with Gasteiger partial charge in [0.25, 0.3) is 0 Å². The fourth-order valence-corrected chi connectivity index (χ4v) is 2.52. The molecule has 0 saturated carbocycles. The monoisotopic (exact) mass is 269 g/mol. The number of nitrogens with one attached hydrogen (secondary N) is 1. The molecule has 18 heavy (non-hydrogen) atoms. The third-order valence-electron chi connectivity index (χ3n) is 3.44. The Morgan fingerprint density at radius 1 is 1.44 bits per heavy atom. The molecule has 0 aliphatic carbocycles. The summed E-state index contributed by atoms with van der Waals surface area (Å²) in [5.74, 6) is 0.193. The fraction of sp³-hybridized carbons (Fsp3) is 0.462. The molecule has 0 spiro atoms. The van der Waals surface area contributed by atoms with Gasteiger partial charge < -0.3 is 5.73 Å². The SMILES string of the molecule is N=C(N)C1CCN(Cc2ccc(F)cc2Cl)CC1. The van der Waals surface area contributed by atoms with Crippen LogP contribution in [0.25, 0.3) is 0 Å². The molecular weight excluding hydrogens is 253 g/mol. The third-order valence-corrected chi connectivity index (χ3v) is 3.79. The average molecular weight is 270 g/mol. The Kier molecular flexibility index (Phi) is 4.19. The molecule has 1 heterocycles. The van der Waals surface area contributed by atoms with Crippen molar-refractivity contribution >= 4 is 17.4 Å². The molecule has 98 valence electrons. The quantitative estimate of drug-likeness (QED) is 0.655. The summed E-state index contributed by atoms with van der Waals surface area (Å²) in [6.07, 6.45) is 1.82. The Balaban J connectivity index is 1.93. The molecule has 1 aliphatic rings. The van der Waals surface area contributed by atoms with Gasteiger partial charge >= 0.3 is 0 Å². The molecule has 5 heteroatoms. The summed E-state index contributed by atoms with van der Waals surface area (Å²) in [6.45, 7) is 2.53. The first-order chi connectivity index (χ1) is 8.56. The van der Waals surface area contributed by atoms with Crippen molar-refractivity contribution in [3.05, 3.63) is 34.6 Å². The second-order valence-corrected chi connectivity index (χ2v) is 5.15. The standard InChI is InChI=1S/C13H17ClFN3/c14-12-7-11(15)2-1-10(12)8-18-5-3-9(4-6-18)13(16)17/h1-2,7,9H,3-6,8H2,(H3,16,17). The second-order valence-electron chi connectivity index (χ2n) is 4.74. The van der Waals surface area contributed by atoms with E-state index < -0.39 is 0 Å². The van der Waals surface area contributed by atoms with Crippen LogP contribution in [0.1, 0.15) is 18.4 Å². The molecule has 0 radical (unpaired) electrons. The van der Waals surface area contributed by atoms with Crippen molar-refractivity contribution in [1.29, 1.82) is 5.41 Å². The van der Waals surface area contributed by atoms with Crippen molar-refractivity contribution in [2.45, 2.75) is 19.4 Å². The largest absolute Gasteiger partial charge is 0.387 e. The lowest BCUT2D eigenvalue weighted by Crippen LogP contribution is -2.37. The predicted molar refractivity (Wildman–Crippen MR) is 71.3 cm³/mol. The lowest BCUT2D eigenvalue weighted by Gasteiger charge is -2.31. The van der Waals surface area contributed by atoms with E-state index in [1.807, 2.05) is 0 Å². The van der Waals surface area contributed by atoms with Gasteiger partial charge in [-0.2, -0.15) is 0 Å². The summed E-state index contributed by atoms with van der Waals surface area (Å²) in [7, 11) is 0. The van der Waals surface area contributed by atoms with Crippen LogP contribution in [0, 0.1) is 17.1 Å². The third kappa shape index (κ3) is 3.21. The van der Waals surface area contributed by atoms with Gasteiger partial charge in [-0.25, -0.2) is 4.39 Å². The van der Waals surface area contributed by atoms with E-state index in [0.29, 0.717) is 5.02 Å². The van der Waals surface area contributed by atoms with Crippen LogP contribution in [0.5, 0.6) is 0 Å². The van der Waals surface area contributed by atoms with Gasteiger partial charge in [-0.3, -0.25) is 10.3 Å². The van der Waals surface area contributed by atoms with Crippen LogP contribution < -0.4 is 5.73 Å². The van der Waals surface area contributed by atoms with E-state index in [2.05, 4.69) is 4.90 Å². The maximum absolute atomic E-state index is 12.9. The van der Waals surface area contributed by atoms with Crippen LogP contribution in [-0.4, -0.2) is 23.8 Å². The van der Waals surface area contributed by atoms with Gasteiger partial charge in [0.2, 0.25) is 0 Å². The molecule has 1 saturated heterocycles. The number of benzene rings is 1. The van der Waals surface area contributed by atoms with E-state index in [4.69, 9.17) is 22.7 Å². The van der Waals surface area contributed by atoms with E-state index in [1.165, 1.54) is 12.1 Å². The molecule has 3 nitrogen and oxygen atoms in total. The number of halogens is 2. The summed E-state index contributed by atoms with van der Waals surface area (Å²) in [5, 5.41) is 7.91. The number of likely N-dealkylation sites (tertiary alicyclic amines) is 1. The Morgan fingerprint density at radius 2 is 2.11 bits per heavy atom. The smallest absolute Gasteiger partial charge is 0.124 e. The molecular formula is C13H17ClFN3. The molecule has 0 unspecified atom stereocenters. The first-order valence-electron chi connectivity index (χ1n) is 6.06. The first kappa shape index (κ1) is 13.3. The van der Waals surface area contributed by atoms with E-state index in [0.717, 1.165) is 38.0 Å². The maximum atomic E-state index is 12.9. The fourth-order valence-electron chi connectivity index (χ4n) is 2.29. The van der Waals surface area contributed by atoms with Gasteiger partial charge in [-0.05, 0) is 43.6 Å². The summed E-state index contributed by atoms with van der Waals surface area (Å²) >= 11 is 6.01. The van der Waals surface area contributed by atoms with E-state index in [-0.39, 0.29) is 17.6 Å². The van der Waals surface area contributed by atoms with Crippen molar-refractivity contribution < 1.29 is 4.39 Å². The van der Waals surface area contributed by atoms with E-state index >= 15 is 0 Å². The van der Waals surface area contributed by atoms with Crippen molar-refractivity contribution in [3.8, 4) is 0 Å². The zero-order chi connectivity index (χ0) is 13.1. The lowest BCUT2D eigenvalue weighted by atomic mass is 9.95. The van der Waals surface area contributed by atoms with Crippen LogP contribution >= 0.6 is 11.6 Å². The molecule has 1 aliphatic heterocycles. The molecule has 0 amide bonds. The minimum absolute atomic E-state index is 0.213. The van der Waals surface area contributed by atoms with Crippen molar-refractivity contribution in [3.63, 3.8) is 0 Å². The zero-order valence-electron chi connectivity index (χ0n) is 10.1. The van der Waals surface area contributed by atoms with Gasteiger partial charge in [0.05, 0.1) is 5.84 Å². The summed E-state index contributed by atoms with van der Waals surface area (Å²) in [4.78, 5) is 2.26. The van der Waals surface area contributed by atoms with Crippen LogP contribution in [-0.2, 0) is 6.54 Å². The normalized spacial score (nSPS) is 17.9. The zero-order valence-corrected chi connectivity index (χ0v) is 10.9. The predicted octanol–water partition coefficient (Wildman–Crippen LogP) is 2.63. The van der Waals surface area contributed by atoms with Crippen molar-refractivity contribution in [2.75, 3.05) is 13.1 Å². The Morgan fingerprint density at radius 3 is 2.67 bits per heavy atom. The summed E-state index contributed by atoms with van der Waals surface area (Å²) in [6, 6.07) is 4.51. The number of nitrogens with zero attached hydrogens (tertiary/aromatic N) is 1.